The summed E-state index contributed by atoms with van der Waals surface area (Å²) in [5.41, 5.74) is 10.5. The molecule has 2 heterocycles. The van der Waals surface area contributed by atoms with Gasteiger partial charge in [-0.25, -0.2) is 0 Å². The number of nitrogens with zero attached hydrogens (tertiary/aromatic N) is 2. The second kappa shape index (κ2) is 5.77. The number of H-pyrrole nitrogens is 1. The van der Waals surface area contributed by atoms with E-state index in [9.17, 15) is 5.11 Å². The van der Waals surface area contributed by atoms with Crippen LogP contribution in [0.4, 0.5) is 0 Å². The topological polar surface area (TPSA) is 87.8 Å². The number of nitrogens with two attached hydrogens (primary N) is 1. The van der Waals surface area contributed by atoms with Crippen LogP contribution in [-0.4, -0.2) is 26.3 Å². The van der Waals surface area contributed by atoms with Gasteiger partial charge < -0.3 is 15.8 Å². The average molecular weight is 296 g/mol. The first-order valence-electron chi connectivity index (χ1n) is 7.44. The van der Waals surface area contributed by atoms with Crippen LogP contribution in [0.1, 0.15) is 30.3 Å². The highest BCUT2D eigenvalue weighted by Gasteiger charge is 2.21. The monoisotopic (exact) mass is 296 g/mol. The molecule has 1 aliphatic carbocycles. The van der Waals surface area contributed by atoms with Gasteiger partial charge in [0.05, 0.1) is 5.69 Å². The molecule has 3 rings (SSSR count). The van der Waals surface area contributed by atoms with Crippen LogP contribution in [0.25, 0.3) is 16.6 Å². The summed E-state index contributed by atoms with van der Waals surface area (Å²) in [4.78, 5) is 3.33. The van der Waals surface area contributed by atoms with Crippen LogP contribution in [0.2, 0.25) is 0 Å². The smallest absolute Gasteiger partial charge is 0.160 e. The number of aliphatic hydroxyl groups is 1. The number of hydrogen-bond donors (Lipinski definition) is 3. The number of aromatic nitrogens is 3. The van der Waals surface area contributed by atoms with E-state index in [1.54, 1.807) is 6.08 Å². The molecular weight excluding hydrogens is 276 g/mol. The Hall–Kier alpha value is -2.40. The Morgan fingerprint density at radius 3 is 3.05 bits per heavy atom. The van der Waals surface area contributed by atoms with Crippen LogP contribution in [-0.2, 0) is 12.8 Å². The molecule has 0 saturated heterocycles. The molecule has 22 heavy (non-hydrogen) atoms. The van der Waals surface area contributed by atoms with E-state index in [4.69, 9.17) is 5.73 Å². The van der Waals surface area contributed by atoms with Crippen LogP contribution >= 0.6 is 0 Å². The van der Waals surface area contributed by atoms with Crippen molar-refractivity contribution in [3.8, 4) is 0 Å². The molecule has 1 atom stereocenters. The van der Waals surface area contributed by atoms with Crippen molar-refractivity contribution >= 4 is 16.6 Å². The van der Waals surface area contributed by atoms with Gasteiger partial charge in [0.2, 0.25) is 0 Å². The Morgan fingerprint density at radius 1 is 1.50 bits per heavy atom. The molecular formula is C17H20N4O. The molecule has 1 unspecified atom stereocenters. The highest BCUT2D eigenvalue weighted by molar-refractivity contribution is 5.86. The minimum absolute atomic E-state index is 0.0205. The first kappa shape index (κ1) is 14.5. The van der Waals surface area contributed by atoms with Gasteiger partial charge in [0, 0.05) is 22.7 Å². The maximum absolute atomic E-state index is 9.80. The van der Waals surface area contributed by atoms with Gasteiger partial charge >= 0.3 is 0 Å². The van der Waals surface area contributed by atoms with Crippen molar-refractivity contribution in [1.29, 1.82) is 0 Å². The van der Waals surface area contributed by atoms with E-state index >= 15 is 0 Å². The molecule has 0 aromatic carbocycles. The fourth-order valence-corrected chi connectivity index (χ4v) is 2.89. The zero-order chi connectivity index (χ0) is 15.7. The quantitative estimate of drug-likeness (QED) is 0.600. The van der Waals surface area contributed by atoms with Crippen LogP contribution in [0.15, 0.2) is 36.6 Å². The summed E-state index contributed by atoms with van der Waals surface area (Å²) in [5, 5.41) is 19.3. The fraction of sp³-hybridized carbons (Fsp3) is 0.294. The molecule has 0 bridgehead atoms. The molecule has 0 spiro atoms. The number of aryl methyl sites for hydroxylation is 1. The van der Waals surface area contributed by atoms with Gasteiger partial charge in [-0.15, -0.1) is 10.2 Å². The maximum atomic E-state index is 9.80. The fourth-order valence-electron chi connectivity index (χ4n) is 2.89. The molecule has 4 N–H and O–H groups in total. The molecule has 2 aromatic rings. The molecule has 0 saturated carbocycles. The summed E-state index contributed by atoms with van der Waals surface area (Å²) in [6.45, 7) is 5.52. The third kappa shape index (κ3) is 2.55. The standard InChI is InChI=1S/C17H20N4O/c1-3-4-5-12(10(2)22)16-9-14-13-8-11(18)6-7-15(13)19-17(14)21-20-16/h3-5,9,11,22H,2,6-8,18H2,1H3,(H,19,21)/b4-3-,12-5+. The summed E-state index contributed by atoms with van der Waals surface area (Å²) in [6.07, 6.45) is 8.27. The predicted molar refractivity (Wildman–Crippen MR) is 88.4 cm³/mol. The van der Waals surface area contributed by atoms with Crippen molar-refractivity contribution in [3.05, 3.63) is 53.6 Å². The predicted octanol–water partition coefficient (Wildman–Crippen LogP) is 2.81. The molecule has 2 aromatic heterocycles. The van der Waals surface area contributed by atoms with Gasteiger partial charge in [-0.3, -0.25) is 0 Å². The normalized spacial score (nSPS) is 18.8. The van der Waals surface area contributed by atoms with E-state index in [1.807, 2.05) is 25.1 Å². The molecule has 1 aliphatic rings. The third-order valence-corrected chi connectivity index (χ3v) is 4.03. The van der Waals surface area contributed by atoms with Crippen LogP contribution in [0.5, 0.6) is 0 Å². The van der Waals surface area contributed by atoms with E-state index < -0.39 is 0 Å². The van der Waals surface area contributed by atoms with Crippen molar-refractivity contribution in [3.63, 3.8) is 0 Å². The van der Waals surface area contributed by atoms with E-state index in [2.05, 4.69) is 21.8 Å². The molecule has 5 heteroatoms. The Kier molecular flexibility index (Phi) is 3.81. The minimum Gasteiger partial charge on any atom is -0.508 e. The number of fused-ring (bicyclic) bond motifs is 3. The SMILES string of the molecule is C=C(O)/C(=C\C=C/C)c1cc2c3c([nH]c2nn1)CCC(N)C3. The second-order valence-electron chi connectivity index (χ2n) is 5.63. The van der Waals surface area contributed by atoms with Crippen molar-refractivity contribution in [2.45, 2.75) is 32.2 Å². The van der Waals surface area contributed by atoms with Crippen LogP contribution < -0.4 is 5.73 Å². The number of aliphatic hydroxyl groups excluding tert-OH is 1. The van der Waals surface area contributed by atoms with Crippen molar-refractivity contribution in [2.75, 3.05) is 0 Å². The van der Waals surface area contributed by atoms with Gasteiger partial charge in [-0.1, -0.05) is 18.7 Å². The lowest BCUT2D eigenvalue weighted by Crippen LogP contribution is -2.27. The van der Waals surface area contributed by atoms with E-state index in [0.717, 1.165) is 30.3 Å². The Bertz CT molecular complexity index is 785. The average Bonchev–Trinajstić information content (AvgIpc) is 2.85. The molecule has 0 aliphatic heterocycles. The zero-order valence-corrected chi connectivity index (χ0v) is 12.6. The Morgan fingerprint density at radius 2 is 2.32 bits per heavy atom. The van der Waals surface area contributed by atoms with Crippen molar-refractivity contribution < 1.29 is 5.11 Å². The van der Waals surface area contributed by atoms with Gasteiger partial charge in [0.25, 0.3) is 0 Å². The summed E-state index contributed by atoms with van der Waals surface area (Å²) in [7, 11) is 0. The molecule has 0 radical (unpaired) electrons. The van der Waals surface area contributed by atoms with E-state index in [0.29, 0.717) is 11.3 Å². The Labute approximate surface area is 129 Å². The first-order valence-corrected chi connectivity index (χ1v) is 7.44. The van der Waals surface area contributed by atoms with E-state index in [-0.39, 0.29) is 11.8 Å². The number of aromatic amines is 1. The van der Waals surface area contributed by atoms with Crippen LogP contribution in [0.3, 0.4) is 0 Å². The Balaban J connectivity index is 2.13. The maximum Gasteiger partial charge on any atom is 0.160 e. The van der Waals surface area contributed by atoms with Crippen molar-refractivity contribution in [1.82, 2.24) is 15.2 Å². The number of rotatable bonds is 3. The lowest BCUT2D eigenvalue weighted by atomic mass is 9.92. The number of allylic oxidation sites excluding steroid dienone is 4. The zero-order valence-electron chi connectivity index (χ0n) is 12.6. The van der Waals surface area contributed by atoms with Gasteiger partial charge in [-0.2, -0.15) is 0 Å². The molecule has 5 nitrogen and oxygen atoms in total. The highest BCUT2D eigenvalue weighted by Crippen LogP contribution is 2.29. The second-order valence-corrected chi connectivity index (χ2v) is 5.63. The lowest BCUT2D eigenvalue weighted by Gasteiger charge is -2.18. The van der Waals surface area contributed by atoms with Gasteiger partial charge in [0.1, 0.15) is 5.76 Å². The van der Waals surface area contributed by atoms with Gasteiger partial charge in [0.15, 0.2) is 5.65 Å². The number of hydrogen-bond acceptors (Lipinski definition) is 4. The molecule has 0 fully saturated rings. The van der Waals surface area contributed by atoms with Gasteiger partial charge in [-0.05, 0) is 43.9 Å². The van der Waals surface area contributed by atoms with E-state index in [1.165, 1.54) is 11.3 Å². The first-order chi connectivity index (χ1) is 10.6. The summed E-state index contributed by atoms with van der Waals surface area (Å²) >= 11 is 0. The number of nitrogens with one attached hydrogen (secondary N) is 1. The third-order valence-electron chi connectivity index (χ3n) is 4.03. The lowest BCUT2D eigenvalue weighted by molar-refractivity contribution is 0.440. The summed E-state index contributed by atoms with van der Waals surface area (Å²) < 4.78 is 0. The van der Waals surface area contributed by atoms with Crippen molar-refractivity contribution in [2.24, 2.45) is 5.73 Å². The summed E-state index contributed by atoms with van der Waals surface area (Å²) in [5.74, 6) is -0.0205. The minimum atomic E-state index is -0.0205. The molecule has 0 amide bonds. The highest BCUT2D eigenvalue weighted by atomic mass is 16.3. The molecule has 114 valence electrons. The van der Waals surface area contributed by atoms with Crippen LogP contribution in [0, 0.1) is 0 Å². The summed E-state index contributed by atoms with van der Waals surface area (Å²) in [6, 6.07) is 2.14. The largest absolute Gasteiger partial charge is 0.508 e.